The summed E-state index contributed by atoms with van der Waals surface area (Å²) >= 11 is 0. The number of rotatable bonds is 11. The van der Waals surface area contributed by atoms with Crippen molar-refractivity contribution in [2.24, 2.45) is 5.73 Å². The highest BCUT2D eigenvalue weighted by Gasteiger charge is 2.26. The quantitative estimate of drug-likeness (QED) is 0.269. The smallest absolute Gasteiger partial charge is 0.322 e. The first-order chi connectivity index (χ1) is 15.7. The van der Waals surface area contributed by atoms with E-state index in [1.807, 2.05) is 0 Å². The summed E-state index contributed by atoms with van der Waals surface area (Å²) in [6.45, 7) is 0.869. The molecule has 0 aliphatic rings. The second-order valence-corrected chi connectivity index (χ2v) is 7.57. The average Bonchev–Trinajstić information content (AvgIpc) is 2.78. The number of carbonyl (C=O) groups excluding carboxylic acids is 3. The molecular weight excluding hydrogens is 428 g/mol. The number of carbonyl (C=O) groups is 4. The van der Waals surface area contributed by atoms with E-state index < -0.39 is 48.4 Å². The Morgan fingerprint density at radius 1 is 0.848 bits per heavy atom. The molecule has 3 amide bonds. The van der Waals surface area contributed by atoms with Crippen molar-refractivity contribution in [1.82, 2.24) is 16.0 Å². The van der Waals surface area contributed by atoms with Gasteiger partial charge in [0.1, 0.15) is 24.4 Å². The fraction of sp³-hybridized carbons (Fsp3) is 0.304. The number of hydrogen-bond acceptors (Lipinski definition) is 6. The van der Waals surface area contributed by atoms with Crippen molar-refractivity contribution in [3.63, 3.8) is 0 Å². The van der Waals surface area contributed by atoms with Crippen LogP contribution in [0.3, 0.4) is 0 Å². The predicted molar refractivity (Wildman–Crippen MR) is 120 cm³/mol. The first kappa shape index (κ1) is 25.3. The Balaban J connectivity index is 1.97. The molecule has 176 valence electrons. The topological polar surface area (TPSA) is 171 Å². The Morgan fingerprint density at radius 2 is 1.45 bits per heavy atom. The number of nitrogens with two attached hydrogens (primary N) is 1. The van der Waals surface area contributed by atoms with E-state index in [-0.39, 0.29) is 18.6 Å². The van der Waals surface area contributed by atoms with Crippen LogP contribution in [0.1, 0.15) is 18.1 Å². The summed E-state index contributed by atoms with van der Waals surface area (Å²) in [5.74, 6) is -2.94. The summed E-state index contributed by atoms with van der Waals surface area (Å²) in [5.41, 5.74) is 7.44. The van der Waals surface area contributed by atoms with Gasteiger partial charge < -0.3 is 31.9 Å². The molecule has 3 atom stereocenters. The first-order valence-electron chi connectivity index (χ1n) is 10.3. The summed E-state index contributed by atoms with van der Waals surface area (Å²) in [4.78, 5) is 48.3. The number of benzene rings is 2. The maximum absolute atomic E-state index is 12.6. The van der Waals surface area contributed by atoms with Gasteiger partial charge in [-0.15, -0.1) is 0 Å². The molecule has 0 aromatic heterocycles. The second kappa shape index (κ2) is 12.2. The van der Waals surface area contributed by atoms with Crippen LogP contribution in [-0.2, 0) is 32.0 Å². The van der Waals surface area contributed by atoms with Gasteiger partial charge in [-0.05, 0) is 36.6 Å². The van der Waals surface area contributed by atoms with Crippen LogP contribution < -0.4 is 21.7 Å². The van der Waals surface area contributed by atoms with Gasteiger partial charge in [-0.1, -0.05) is 42.5 Å². The van der Waals surface area contributed by atoms with Gasteiger partial charge in [0.25, 0.3) is 0 Å². The highest BCUT2D eigenvalue weighted by Crippen LogP contribution is 2.11. The van der Waals surface area contributed by atoms with E-state index in [4.69, 9.17) is 10.8 Å². The summed E-state index contributed by atoms with van der Waals surface area (Å²) in [7, 11) is 0. The summed E-state index contributed by atoms with van der Waals surface area (Å²) < 4.78 is 0. The molecule has 0 saturated carbocycles. The first-order valence-corrected chi connectivity index (χ1v) is 10.3. The number of nitrogens with one attached hydrogen (secondary N) is 3. The SMILES string of the molecule is CC(NC(=O)C(N)Cc1ccc(O)cc1)C(=O)NC(Cc1ccccc1)C(=O)NCC(=O)O. The molecule has 10 nitrogen and oxygen atoms in total. The number of carboxylic acids is 1. The number of aromatic hydroxyl groups is 1. The van der Waals surface area contributed by atoms with E-state index in [1.54, 1.807) is 42.5 Å². The molecule has 0 bridgehead atoms. The molecule has 0 spiro atoms. The summed E-state index contributed by atoms with van der Waals surface area (Å²) in [6, 6.07) is 12.2. The minimum absolute atomic E-state index is 0.0968. The van der Waals surface area contributed by atoms with Crippen LogP contribution in [0.4, 0.5) is 0 Å². The lowest BCUT2D eigenvalue weighted by molar-refractivity contribution is -0.138. The van der Waals surface area contributed by atoms with Crippen LogP contribution in [0.15, 0.2) is 54.6 Å². The highest BCUT2D eigenvalue weighted by atomic mass is 16.4. The predicted octanol–water partition coefficient (Wildman–Crippen LogP) is -0.305. The number of aliphatic carboxylic acids is 1. The van der Waals surface area contributed by atoms with Crippen molar-refractivity contribution in [3.8, 4) is 5.75 Å². The Morgan fingerprint density at radius 3 is 2.06 bits per heavy atom. The molecule has 0 aliphatic carbocycles. The van der Waals surface area contributed by atoms with Crippen molar-refractivity contribution in [3.05, 3.63) is 65.7 Å². The molecule has 0 saturated heterocycles. The monoisotopic (exact) mass is 456 g/mol. The minimum Gasteiger partial charge on any atom is -0.508 e. The van der Waals surface area contributed by atoms with Crippen LogP contribution in [-0.4, -0.2) is 58.6 Å². The van der Waals surface area contributed by atoms with Crippen molar-refractivity contribution in [2.75, 3.05) is 6.54 Å². The number of phenols is 1. The Kier molecular flexibility index (Phi) is 9.37. The van der Waals surface area contributed by atoms with Gasteiger partial charge in [0, 0.05) is 6.42 Å². The van der Waals surface area contributed by atoms with Gasteiger partial charge in [0.05, 0.1) is 6.04 Å². The molecule has 0 fully saturated rings. The number of hydrogen-bond donors (Lipinski definition) is 6. The number of phenolic OH excluding ortho intramolecular Hbond substituents is 1. The van der Waals surface area contributed by atoms with Gasteiger partial charge in [-0.3, -0.25) is 19.2 Å². The standard InChI is InChI=1S/C23H28N4O6/c1-14(26-22(32)18(24)11-16-7-9-17(28)10-8-16)21(31)27-19(23(33)25-13-20(29)30)12-15-5-3-2-4-6-15/h2-10,14,18-19,28H,11-13,24H2,1H3,(H,25,33)(H,26,32)(H,27,31)(H,29,30). The summed E-state index contributed by atoms with van der Waals surface area (Å²) in [5, 5.41) is 25.5. The van der Waals surface area contributed by atoms with Gasteiger partial charge in [-0.2, -0.15) is 0 Å². The Labute approximate surface area is 191 Å². The van der Waals surface area contributed by atoms with Crippen LogP contribution in [0.2, 0.25) is 0 Å². The van der Waals surface area contributed by atoms with Crippen LogP contribution in [0, 0.1) is 0 Å². The third kappa shape index (κ3) is 8.62. The van der Waals surface area contributed by atoms with Gasteiger partial charge in [-0.25, -0.2) is 0 Å². The van der Waals surface area contributed by atoms with Crippen LogP contribution in [0.5, 0.6) is 5.75 Å². The summed E-state index contributed by atoms with van der Waals surface area (Å²) in [6.07, 6.45) is 0.341. The third-order valence-corrected chi connectivity index (χ3v) is 4.81. The lowest BCUT2D eigenvalue weighted by Gasteiger charge is -2.22. The zero-order chi connectivity index (χ0) is 24.4. The second-order valence-electron chi connectivity index (χ2n) is 7.57. The van der Waals surface area contributed by atoms with E-state index in [9.17, 15) is 24.3 Å². The molecular formula is C23H28N4O6. The highest BCUT2D eigenvalue weighted by molar-refractivity contribution is 5.93. The maximum atomic E-state index is 12.6. The van der Waals surface area contributed by atoms with Gasteiger partial charge in [0.15, 0.2) is 0 Å². The third-order valence-electron chi connectivity index (χ3n) is 4.81. The molecule has 0 heterocycles. The molecule has 2 aromatic carbocycles. The van der Waals surface area contributed by atoms with E-state index in [0.717, 1.165) is 11.1 Å². The van der Waals surface area contributed by atoms with E-state index in [2.05, 4.69) is 16.0 Å². The number of carboxylic acid groups (broad SMARTS) is 1. The molecule has 0 radical (unpaired) electrons. The van der Waals surface area contributed by atoms with Crippen molar-refractivity contribution < 1.29 is 29.4 Å². The average molecular weight is 456 g/mol. The Hall–Kier alpha value is -3.92. The fourth-order valence-corrected chi connectivity index (χ4v) is 3.01. The Bertz CT molecular complexity index is 965. The van der Waals surface area contributed by atoms with E-state index >= 15 is 0 Å². The lowest BCUT2D eigenvalue weighted by atomic mass is 10.0. The largest absolute Gasteiger partial charge is 0.508 e. The fourth-order valence-electron chi connectivity index (χ4n) is 3.01. The molecule has 10 heteroatoms. The van der Waals surface area contributed by atoms with E-state index in [1.165, 1.54) is 19.1 Å². The van der Waals surface area contributed by atoms with Gasteiger partial charge in [0.2, 0.25) is 17.7 Å². The molecule has 3 unspecified atom stereocenters. The minimum atomic E-state index is -1.21. The zero-order valence-corrected chi connectivity index (χ0v) is 18.2. The van der Waals surface area contributed by atoms with Crippen LogP contribution in [0.25, 0.3) is 0 Å². The number of amides is 3. The molecule has 33 heavy (non-hydrogen) atoms. The molecule has 0 aliphatic heterocycles. The lowest BCUT2D eigenvalue weighted by Crippen LogP contribution is -2.55. The van der Waals surface area contributed by atoms with Crippen LogP contribution >= 0.6 is 0 Å². The van der Waals surface area contributed by atoms with Crippen molar-refractivity contribution >= 4 is 23.7 Å². The normalized spacial score (nSPS) is 13.3. The maximum Gasteiger partial charge on any atom is 0.322 e. The molecule has 2 rings (SSSR count). The molecule has 7 N–H and O–H groups in total. The molecule has 2 aromatic rings. The van der Waals surface area contributed by atoms with Gasteiger partial charge >= 0.3 is 5.97 Å². The van der Waals surface area contributed by atoms with E-state index in [0.29, 0.717) is 0 Å². The van der Waals surface area contributed by atoms with Crippen molar-refractivity contribution in [2.45, 2.75) is 37.9 Å². The zero-order valence-electron chi connectivity index (χ0n) is 18.2. The van der Waals surface area contributed by atoms with Crippen molar-refractivity contribution in [1.29, 1.82) is 0 Å².